The van der Waals surface area contributed by atoms with E-state index < -0.39 is 0 Å². The fourth-order valence-corrected chi connectivity index (χ4v) is 5.56. The van der Waals surface area contributed by atoms with Crippen LogP contribution in [0.5, 0.6) is 0 Å². The molecule has 7 heteroatoms. The number of nitrogens with one attached hydrogen (secondary N) is 1. The number of thioether (sulfide) groups is 1. The number of thiophene rings is 1. The zero-order valence-corrected chi connectivity index (χ0v) is 17.4. The second-order valence-corrected chi connectivity index (χ2v) is 8.78. The molecule has 1 aliphatic carbocycles. The predicted octanol–water partition coefficient (Wildman–Crippen LogP) is 4.30. The highest BCUT2D eigenvalue weighted by Gasteiger charge is 2.19. The van der Waals surface area contributed by atoms with Crippen LogP contribution in [0.4, 0.5) is 0 Å². The van der Waals surface area contributed by atoms with Crippen molar-refractivity contribution in [2.24, 2.45) is 0 Å². The van der Waals surface area contributed by atoms with Gasteiger partial charge in [-0.2, -0.15) is 0 Å². The minimum absolute atomic E-state index is 0.0186. The average Bonchev–Trinajstić information content (AvgIpc) is 3.37. The van der Waals surface area contributed by atoms with Crippen LogP contribution >= 0.6 is 23.1 Å². The fourth-order valence-electron chi connectivity index (χ4n) is 3.69. The average molecular weight is 414 g/mol. The van der Waals surface area contributed by atoms with E-state index in [9.17, 15) is 9.59 Å². The molecule has 1 N–H and O–H groups in total. The number of benzene rings is 1. The van der Waals surface area contributed by atoms with Gasteiger partial charge in [0.25, 0.3) is 5.56 Å². The summed E-state index contributed by atoms with van der Waals surface area (Å²) < 4.78 is 1.68. The van der Waals surface area contributed by atoms with E-state index in [0.29, 0.717) is 23.1 Å². The lowest BCUT2D eigenvalue weighted by atomic mass is 10.1. The molecular formula is C21H23N3O2S2. The maximum Gasteiger partial charge on any atom is 0.263 e. The van der Waals surface area contributed by atoms with E-state index in [-0.39, 0.29) is 17.2 Å². The largest absolute Gasteiger partial charge is 0.353 e. The highest BCUT2D eigenvalue weighted by molar-refractivity contribution is 7.99. The molecule has 1 amide bonds. The van der Waals surface area contributed by atoms with Gasteiger partial charge in [0.05, 0.1) is 11.1 Å². The number of fused-ring (bicyclic) bond motifs is 1. The molecule has 1 aliphatic rings. The van der Waals surface area contributed by atoms with Crippen molar-refractivity contribution in [3.8, 4) is 11.1 Å². The smallest absolute Gasteiger partial charge is 0.263 e. The minimum Gasteiger partial charge on any atom is -0.353 e. The Morgan fingerprint density at radius 3 is 2.75 bits per heavy atom. The standard InChI is InChI=1S/C21H23N3O2S2/c1-2-24-20(26)18-16(14-8-4-3-5-9-14)12-27-19(18)23-21(24)28-13-17(25)22-15-10-6-7-11-15/h3-5,8-9,12,15H,2,6-7,10-11,13H2,1H3,(H,22,25). The molecule has 3 aromatic rings. The molecule has 4 rings (SSSR count). The molecule has 0 bridgehead atoms. The van der Waals surface area contributed by atoms with Crippen LogP contribution in [0.15, 0.2) is 45.7 Å². The summed E-state index contributed by atoms with van der Waals surface area (Å²) in [6.07, 6.45) is 4.51. The number of carbonyl (C=O) groups is 1. The molecule has 1 saturated carbocycles. The van der Waals surface area contributed by atoms with Crippen molar-refractivity contribution in [1.29, 1.82) is 0 Å². The van der Waals surface area contributed by atoms with Crippen molar-refractivity contribution in [1.82, 2.24) is 14.9 Å². The summed E-state index contributed by atoms with van der Waals surface area (Å²) >= 11 is 2.82. The molecule has 0 saturated heterocycles. The van der Waals surface area contributed by atoms with Gasteiger partial charge in [-0.1, -0.05) is 54.9 Å². The van der Waals surface area contributed by atoms with Gasteiger partial charge in [0.15, 0.2) is 5.16 Å². The molecule has 1 fully saturated rings. The Morgan fingerprint density at radius 2 is 2.04 bits per heavy atom. The third-order valence-electron chi connectivity index (χ3n) is 5.11. The lowest BCUT2D eigenvalue weighted by Gasteiger charge is -2.13. The first-order valence-electron chi connectivity index (χ1n) is 9.67. The Balaban J connectivity index is 1.61. The quantitative estimate of drug-likeness (QED) is 0.483. The number of amides is 1. The lowest BCUT2D eigenvalue weighted by molar-refractivity contribution is -0.119. The Labute approximate surface area is 172 Å². The lowest BCUT2D eigenvalue weighted by Crippen LogP contribution is -2.34. The van der Waals surface area contributed by atoms with Crippen molar-refractivity contribution >= 4 is 39.2 Å². The fraction of sp³-hybridized carbons (Fsp3) is 0.381. The molecule has 1 aromatic carbocycles. The minimum atomic E-state index is -0.0358. The summed E-state index contributed by atoms with van der Waals surface area (Å²) in [6, 6.07) is 10.2. The van der Waals surface area contributed by atoms with Crippen LogP contribution in [0.25, 0.3) is 21.3 Å². The second-order valence-electron chi connectivity index (χ2n) is 6.98. The first kappa shape index (κ1) is 19.2. The van der Waals surface area contributed by atoms with E-state index in [1.54, 1.807) is 4.57 Å². The van der Waals surface area contributed by atoms with Crippen molar-refractivity contribution < 1.29 is 4.79 Å². The van der Waals surface area contributed by atoms with Gasteiger partial charge in [-0.25, -0.2) is 4.98 Å². The van der Waals surface area contributed by atoms with Crippen LogP contribution in [0.2, 0.25) is 0 Å². The van der Waals surface area contributed by atoms with Crippen LogP contribution in [-0.2, 0) is 11.3 Å². The van der Waals surface area contributed by atoms with Gasteiger partial charge in [0, 0.05) is 23.5 Å². The monoisotopic (exact) mass is 413 g/mol. The summed E-state index contributed by atoms with van der Waals surface area (Å²) in [6.45, 7) is 2.46. The van der Waals surface area contributed by atoms with Crippen molar-refractivity contribution in [3.63, 3.8) is 0 Å². The number of aromatic nitrogens is 2. The molecule has 2 aromatic heterocycles. The summed E-state index contributed by atoms with van der Waals surface area (Å²) in [7, 11) is 0. The number of nitrogens with zero attached hydrogens (tertiary/aromatic N) is 2. The van der Waals surface area contributed by atoms with Crippen LogP contribution in [0.1, 0.15) is 32.6 Å². The molecule has 28 heavy (non-hydrogen) atoms. The number of carbonyl (C=O) groups excluding carboxylic acids is 1. The Morgan fingerprint density at radius 1 is 1.29 bits per heavy atom. The Kier molecular flexibility index (Phi) is 5.82. The van der Waals surface area contributed by atoms with Crippen molar-refractivity contribution in [2.45, 2.75) is 50.4 Å². The third kappa shape index (κ3) is 3.86. The molecule has 0 radical (unpaired) electrons. The predicted molar refractivity (Wildman–Crippen MR) is 116 cm³/mol. The number of rotatable bonds is 6. The molecule has 2 heterocycles. The molecule has 0 aliphatic heterocycles. The van der Waals surface area contributed by atoms with Gasteiger partial charge in [-0.3, -0.25) is 14.2 Å². The maximum absolute atomic E-state index is 13.2. The van der Waals surface area contributed by atoms with E-state index in [1.807, 2.05) is 42.6 Å². The zero-order chi connectivity index (χ0) is 19.5. The van der Waals surface area contributed by atoms with E-state index in [0.717, 1.165) is 28.8 Å². The molecule has 0 spiro atoms. The molecule has 146 valence electrons. The van der Waals surface area contributed by atoms with Crippen molar-refractivity contribution in [2.75, 3.05) is 5.75 Å². The molecule has 0 atom stereocenters. The zero-order valence-electron chi connectivity index (χ0n) is 15.8. The topological polar surface area (TPSA) is 64.0 Å². The van der Waals surface area contributed by atoms with Crippen LogP contribution in [-0.4, -0.2) is 27.3 Å². The Bertz CT molecular complexity index is 1040. The van der Waals surface area contributed by atoms with Gasteiger partial charge in [-0.05, 0) is 25.3 Å². The first-order chi connectivity index (χ1) is 13.7. The van der Waals surface area contributed by atoms with Gasteiger partial charge in [0.1, 0.15) is 4.83 Å². The van der Waals surface area contributed by atoms with Crippen LogP contribution in [0, 0.1) is 0 Å². The Hall–Kier alpha value is -2.12. The van der Waals surface area contributed by atoms with E-state index in [4.69, 9.17) is 4.98 Å². The summed E-state index contributed by atoms with van der Waals surface area (Å²) in [5.74, 6) is 0.302. The second kappa shape index (κ2) is 8.49. The SMILES string of the molecule is CCn1c(SCC(=O)NC2CCCC2)nc2scc(-c3ccccc3)c2c1=O. The van der Waals surface area contributed by atoms with E-state index in [2.05, 4.69) is 5.32 Å². The van der Waals surface area contributed by atoms with E-state index >= 15 is 0 Å². The number of hydrogen-bond donors (Lipinski definition) is 1. The van der Waals surface area contributed by atoms with Gasteiger partial charge in [-0.15, -0.1) is 11.3 Å². The first-order valence-corrected chi connectivity index (χ1v) is 11.5. The maximum atomic E-state index is 13.2. The molecule has 0 unspecified atom stereocenters. The van der Waals surface area contributed by atoms with Crippen molar-refractivity contribution in [3.05, 3.63) is 46.1 Å². The summed E-state index contributed by atoms with van der Waals surface area (Å²) in [5, 5.41) is 6.37. The summed E-state index contributed by atoms with van der Waals surface area (Å²) in [5.41, 5.74) is 1.91. The molecule has 5 nitrogen and oxygen atoms in total. The van der Waals surface area contributed by atoms with Crippen LogP contribution < -0.4 is 10.9 Å². The molecular weight excluding hydrogens is 390 g/mol. The third-order valence-corrected chi connectivity index (χ3v) is 6.96. The highest BCUT2D eigenvalue weighted by Crippen LogP contribution is 2.32. The van der Waals surface area contributed by atoms with Gasteiger partial charge in [0.2, 0.25) is 5.91 Å². The normalized spacial score (nSPS) is 14.6. The van der Waals surface area contributed by atoms with Crippen LogP contribution in [0.3, 0.4) is 0 Å². The highest BCUT2D eigenvalue weighted by atomic mass is 32.2. The van der Waals surface area contributed by atoms with E-state index in [1.165, 1.54) is 35.9 Å². The van der Waals surface area contributed by atoms with Gasteiger partial charge >= 0.3 is 0 Å². The summed E-state index contributed by atoms with van der Waals surface area (Å²) in [4.78, 5) is 30.9. The van der Waals surface area contributed by atoms with Gasteiger partial charge < -0.3 is 5.32 Å². The number of hydrogen-bond acceptors (Lipinski definition) is 5.